The lowest BCUT2D eigenvalue weighted by molar-refractivity contribution is -0.110. The van der Waals surface area contributed by atoms with Crippen LogP contribution in [0, 0.1) is 5.41 Å². The number of hydrogen-bond donors (Lipinski definition) is 4. The van der Waals surface area contributed by atoms with Crippen molar-refractivity contribution in [2.45, 2.75) is 19.5 Å². The molecule has 0 radical (unpaired) electrons. The number of nitrogens with one attached hydrogen (secondary N) is 3. The average Bonchev–Trinajstić information content (AvgIpc) is 3.14. The number of nitrogen functional groups attached to an aromatic ring is 1. The van der Waals surface area contributed by atoms with E-state index in [0.29, 0.717) is 30.0 Å². The minimum Gasteiger partial charge on any atom is -0.398 e. The number of hydrogen-bond acceptors (Lipinski definition) is 5. The molecule has 0 fully saturated rings. The molecule has 30 heavy (non-hydrogen) atoms. The van der Waals surface area contributed by atoms with Gasteiger partial charge in [-0.15, -0.1) is 0 Å². The van der Waals surface area contributed by atoms with Gasteiger partial charge < -0.3 is 16.4 Å². The zero-order chi connectivity index (χ0) is 21.5. The summed E-state index contributed by atoms with van der Waals surface area (Å²) in [5, 5.41) is 17.6. The number of nitrogens with two attached hydrogens (primary N) is 1. The van der Waals surface area contributed by atoms with Gasteiger partial charge in [-0.1, -0.05) is 42.5 Å². The maximum atomic E-state index is 12.3. The summed E-state index contributed by atoms with van der Waals surface area (Å²) in [6.45, 7) is 0.445. The summed E-state index contributed by atoms with van der Waals surface area (Å²) in [4.78, 5) is 12.3. The first-order valence-corrected chi connectivity index (χ1v) is 9.26. The highest BCUT2D eigenvalue weighted by molar-refractivity contribution is 6.48. The summed E-state index contributed by atoms with van der Waals surface area (Å²) in [7, 11) is 0. The molecule has 1 heterocycles. The van der Waals surface area contributed by atoms with Crippen molar-refractivity contribution in [1.82, 2.24) is 15.1 Å². The fraction of sp³-hybridized carbons (Fsp3) is 0.190. The van der Waals surface area contributed by atoms with Crippen molar-refractivity contribution in [2.24, 2.45) is 0 Å². The van der Waals surface area contributed by atoms with E-state index in [0.717, 1.165) is 11.1 Å². The number of halogens is 2. The van der Waals surface area contributed by atoms with Crippen LogP contribution in [0.5, 0.6) is 0 Å². The van der Waals surface area contributed by atoms with Gasteiger partial charge in [-0.25, -0.2) is 8.78 Å². The number of alkyl halides is 2. The Hall–Kier alpha value is -3.59. The van der Waals surface area contributed by atoms with E-state index in [2.05, 4.69) is 15.7 Å². The smallest absolute Gasteiger partial charge is 0.274 e. The molecule has 0 aliphatic carbocycles. The first-order chi connectivity index (χ1) is 14.4. The first-order valence-electron chi connectivity index (χ1n) is 9.26. The monoisotopic (exact) mass is 418 g/mol. The maximum Gasteiger partial charge on any atom is 0.274 e. The van der Waals surface area contributed by atoms with Gasteiger partial charge >= 0.3 is 0 Å². The molecule has 162 valence electrons. The van der Waals surface area contributed by atoms with Gasteiger partial charge in [-0.05, 0) is 17.2 Å². The van der Waals surface area contributed by atoms with Gasteiger partial charge in [0, 0.05) is 28.3 Å². The number of aromatic nitrogens is 2. The van der Waals surface area contributed by atoms with Crippen molar-refractivity contribution in [3.05, 3.63) is 77.6 Å². The molecule has 3 rings (SSSR count). The highest BCUT2D eigenvalue weighted by Crippen LogP contribution is 2.14. The SMILES string of the molecule is N=C(C(=O)Nc1cnn(Cc2cccc(CNCC(F)F)c2)c1)c1ccccc1N.[HH].[HH].[HH]. The molecule has 5 N–H and O–H groups in total. The van der Waals surface area contributed by atoms with Crippen LogP contribution in [0.15, 0.2) is 60.9 Å². The summed E-state index contributed by atoms with van der Waals surface area (Å²) >= 11 is 0. The average molecular weight is 418 g/mol. The van der Waals surface area contributed by atoms with Crippen LogP contribution in [0.3, 0.4) is 0 Å². The number of benzene rings is 2. The van der Waals surface area contributed by atoms with Crippen LogP contribution in [0.25, 0.3) is 0 Å². The number of nitrogens with zero attached hydrogens (tertiary/aromatic N) is 2. The van der Waals surface area contributed by atoms with Gasteiger partial charge in [0.1, 0.15) is 5.71 Å². The van der Waals surface area contributed by atoms with Gasteiger partial charge in [0.25, 0.3) is 12.3 Å². The topological polar surface area (TPSA) is 109 Å². The second kappa shape index (κ2) is 9.75. The second-order valence-corrected chi connectivity index (χ2v) is 6.68. The van der Waals surface area contributed by atoms with Gasteiger partial charge in [0.15, 0.2) is 0 Å². The van der Waals surface area contributed by atoms with Crippen molar-refractivity contribution in [2.75, 3.05) is 17.6 Å². The zero-order valence-corrected chi connectivity index (χ0v) is 16.1. The van der Waals surface area contributed by atoms with Gasteiger partial charge in [-0.2, -0.15) is 5.10 Å². The van der Waals surface area contributed by atoms with Gasteiger partial charge in [-0.3, -0.25) is 14.9 Å². The number of amides is 1. The van der Waals surface area contributed by atoms with Crippen molar-refractivity contribution >= 4 is 23.0 Å². The van der Waals surface area contributed by atoms with Crippen LogP contribution in [-0.2, 0) is 17.9 Å². The number of carbonyl (C=O) groups excluding carboxylic acids is 1. The summed E-state index contributed by atoms with van der Waals surface area (Å²) in [5.74, 6) is -0.584. The Kier molecular flexibility index (Phi) is 6.87. The molecule has 0 atom stereocenters. The summed E-state index contributed by atoms with van der Waals surface area (Å²) in [6, 6.07) is 14.2. The van der Waals surface area contributed by atoms with E-state index in [1.807, 2.05) is 24.3 Å². The van der Waals surface area contributed by atoms with E-state index in [9.17, 15) is 13.6 Å². The molecule has 7 nitrogen and oxygen atoms in total. The standard InChI is InChI=1S/C21H22F2N6O.3H2/c22-19(23)11-26-9-14-4-3-5-15(8-14)12-29-13-16(10-27-29)28-21(30)20(25)17-6-1-2-7-18(17)24;;;/h1-8,10,13,19,25-26H,9,11-12,24H2,(H,28,30);3*1H. The molecule has 0 saturated heterocycles. The van der Waals surface area contributed by atoms with E-state index in [1.54, 1.807) is 35.1 Å². The lowest BCUT2D eigenvalue weighted by Gasteiger charge is -2.08. The third-order valence-electron chi connectivity index (χ3n) is 4.31. The Bertz CT molecular complexity index is 1050. The third-order valence-corrected chi connectivity index (χ3v) is 4.31. The minimum absolute atomic E-state index is 0. The molecule has 3 aromatic rings. The van der Waals surface area contributed by atoms with Crippen molar-refractivity contribution in [3.8, 4) is 0 Å². The molecule has 0 aliphatic heterocycles. The molecule has 0 spiro atoms. The van der Waals surface area contributed by atoms with E-state index < -0.39 is 12.3 Å². The first kappa shape index (κ1) is 21.1. The molecular weight excluding hydrogens is 390 g/mol. The Labute approximate surface area is 176 Å². The Morgan fingerprint density at radius 2 is 1.97 bits per heavy atom. The Morgan fingerprint density at radius 1 is 1.20 bits per heavy atom. The van der Waals surface area contributed by atoms with Gasteiger partial charge in [0.05, 0.1) is 25.0 Å². The van der Waals surface area contributed by atoms with E-state index >= 15 is 0 Å². The molecule has 2 aromatic carbocycles. The predicted molar refractivity (Wildman–Crippen MR) is 118 cm³/mol. The van der Waals surface area contributed by atoms with E-state index in [4.69, 9.17) is 11.1 Å². The minimum atomic E-state index is -2.38. The maximum absolute atomic E-state index is 12.3. The fourth-order valence-corrected chi connectivity index (χ4v) is 2.91. The van der Waals surface area contributed by atoms with Crippen LogP contribution in [0.1, 0.15) is 21.0 Å². The predicted octanol–water partition coefficient (Wildman–Crippen LogP) is 3.61. The third kappa shape index (κ3) is 5.71. The highest BCUT2D eigenvalue weighted by atomic mass is 19.3. The molecule has 9 heteroatoms. The van der Waals surface area contributed by atoms with Crippen molar-refractivity contribution in [1.29, 1.82) is 5.41 Å². The number of para-hydroxylation sites is 1. The lowest BCUT2D eigenvalue weighted by Crippen LogP contribution is -2.23. The fourth-order valence-electron chi connectivity index (χ4n) is 2.91. The number of carbonyl (C=O) groups is 1. The lowest BCUT2D eigenvalue weighted by atomic mass is 10.1. The quantitative estimate of drug-likeness (QED) is 0.314. The molecule has 0 bridgehead atoms. The summed E-state index contributed by atoms with van der Waals surface area (Å²) in [6.07, 6.45) is 0.764. The molecular formula is C21H28F2N6O. The number of anilines is 2. The van der Waals surface area contributed by atoms with Crippen LogP contribution >= 0.6 is 0 Å². The summed E-state index contributed by atoms with van der Waals surface area (Å²) < 4.78 is 26.1. The second-order valence-electron chi connectivity index (χ2n) is 6.68. The zero-order valence-electron chi connectivity index (χ0n) is 16.1. The van der Waals surface area contributed by atoms with E-state index in [-0.39, 0.29) is 16.5 Å². The normalized spacial score (nSPS) is 10.9. The number of rotatable bonds is 9. The van der Waals surface area contributed by atoms with E-state index in [1.165, 1.54) is 6.20 Å². The highest BCUT2D eigenvalue weighted by Gasteiger charge is 2.15. The van der Waals surface area contributed by atoms with Crippen LogP contribution in [-0.4, -0.2) is 34.4 Å². The van der Waals surface area contributed by atoms with Crippen LogP contribution in [0.4, 0.5) is 20.2 Å². The molecule has 0 unspecified atom stereocenters. The summed E-state index contributed by atoms with van der Waals surface area (Å²) in [5.41, 5.74) is 8.59. The Morgan fingerprint density at radius 3 is 2.73 bits per heavy atom. The molecule has 0 aliphatic rings. The molecule has 1 amide bonds. The van der Waals surface area contributed by atoms with Crippen LogP contribution < -0.4 is 16.4 Å². The molecule has 0 saturated carbocycles. The van der Waals surface area contributed by atoms with Crippen molar-refractivity contribution in [3.63, 3.8) is 0 Å². The Balaban J connectivity index is 0.00000341. The van der Waals surface area contributed by atoms with Crippen molar-refractivity contribution < 1.29 is 17.9 Å². The van der Waals surface area contributed by atoms with Crippen LogP contribution in [0.2, 0.25) is 0 Å². The largest absolute Gasteiger partial charge is 0.398 e. The molecule has 1 aromatic heterocycles. The van der Waals surface area contributed by atoms with Gasteiger partial charge in [0.2, 0.25) is 0 Å².